The van der Waals surface area contributed by atoms with Crippen LogP contribution in [0.2, 0.25) is 10.0 Å². The number of likely N-dealkylation sites (N-methyl/N-ethyl adjacent to an activating group) is 1. The molecule has 1 aromatic rings. The van der Waals surface area contributed by atoms with Crippen molar-refractivity contribution in [2.24, 2.45) is 0 Å². The molecule has 1 amide bonds. The van der Waals surface area contributed by atoms with Crippen LogP contribution in [0.15, 0.2) is 17.0 Å². The number of hydrogen-bond donors (Lipinski definition) is 0. The van der Waals surface area contributed by atoms with Crippen molar-refractivity contribution in [3.8, 4) is 0 Å². The number of rotatable bonds is 1. The van der Waals surface area contributed by atoms with Gasteiger partial charge in [-0.15, -0.1) is 0 Å². The lowest BCUT2D eigenvalue weighted by Gasteiger charge is -2.10. The molecule has 2 aliphatic rings. The van der Waals surface area contributed by atoms with E-state index in [1.165, 1.54) is 4.90 Å². The third-order valence-corrected chi connectivity index (χ3v) is 5.44. The molecule has 0 bridgehead atoms. The quantitative estimate of drug-likeness (QED) is 0.531. The van der Waals surface area contributed by atoms with Crippen LogP contribution < -0.4 is 0 Å². The van der Waals surface area contributed by atoms with Crippen LogP contribution in [0.3, 0.4) is 0 Å². The van der Waals surface area contributed by atoms with Gasteiger partial charge in [0.15, 0.2) is 5.78 Å². The molecular weight excluding hydrogens is 393 g/mol. The molecule has 9 heteroatoms. The number of fused-ring (bicyclic) bond motifs is 1. The van der Waals surface area contributed by atoms with E-state index in [0.717, 1.165) is 17.3 Å². The molecule has 5 nitrogen and oxygen atoms in total. The Bertz CT molecular complexity index is 829. The van der Waals surface area contributed by atoms with Crippen LogP contribution in [-0.2, 0) is 25.6 Å². The van der Waals surface area contributed by atoms with Gasteiger partial charge in [-0.05, 0) is 30.2 Å². The molecule has 0 saturated carbocycles. The third kappa shape index (κ3) is 3.31. The number of carbonyl (C=O) groups excluding carboxylic acids is 4. The van der Waals surface area contributed by atoms with Crippen LogP contribution in [0.4, 0.5) is 0 Å². The van der Waals surface area contributed by atoms with Gasteiger partial charge in [0.05, 0.1) is 4.91 Å². The van der Waals surface area contributed by atoms with Crippen molar-refractivity contribution in [2.75, 3.05) is 6.54 Å². The van der Waals surface area contributed by atoms with E-state index in [1.807, 2.05) is 6.92 Å². The van der Waals surface area contributed by atoms with Crippen LogP contribution in [0.5, 0.6) is 0 Å². The third-order valence-electron chi connectivity index (χ3n) is 3.44. The molecular formula is C15H9Cl2NO4S2. The number of Topliss-reactive ketones (excluding diaryl/α,β-unsaturated/α-hetero) is 1. The Morgan fingerprint density at radius 1 is 1.29 bits per heavy atom. The SMILES string of the molecule is CCN1C(=O)/C(=C2/C(=O)Cc3c(Cl)cc(Cl)cc32)SC1=S.O=C=O. The summed E-state index contributed by atoms with van der Waals surface area (Å²) in [5.41, 5.74) is 1.76. The van der Waals surface area contributed by atoms with Gasteiger partial charge in [-0.25, -0.2) is 0 Å². The number of thiocarbonyl (C=S) groups is 1. The van der Waals surface area contributed by atoms with Crippen molar-refractivity contribution in [2.45, 2.75) is 13.3 Å². The molecule has 0 unspecified atom stereocenters. The van der Waals surface area contributed by atoms with E-state index in [-0.39, 0.29) is 24.3 Å². The zero-order valence-electron chi connectivity index (χ0n) is 12.2. The van der Waals surface area contributed by atoms with Crippen molar-refractivity contribution >= 4 is 74.9 Å². The lowest BCUT2D eigenvalue weighted by atomic mass is 10.1. The Morgan fingerprint density at radius 3 is 2.46 bits per heavy atom. The molecule has 24 heavy (non-hydrogen) atoms. The monoisotopic (exact) mass is 401 g/mol. The molecule has 1 fully saturated rings. The normalized spacial score (nSPS) is 19.1. The molecule has 124 valence electrons. The molecule has 3 rings (SSSR count). The lowest BCUT2D eigenvalue weighted by molar-refractivity contribution is -0.191. The number of nitrogens with zero attached hydrogens (tertiary/aromatic N) is 1. The first-order valence-corrected chi connectivity index (χ1v) is 8.62. The van der Waals surface area contributed by atoms with Crippen molar-refractivity contribution in [3.63, 3.8) is 0 Å². The van der Waals surface area contributed by atoms with E-state index >= 15 is 0 Å². The summed E-state index contributed by atoms with van der Waals surface area (Å²) >= 11 is 18.5. The number of thioether (sulfide) groups is 1. The molecule has 1 aromatic carbocycles. The highest BCUT2D eigenvalue weighted by molar-refractivity contribution is 8.26. The van der Waals surface area contributed by atoms with E-state index in [4.69, 9.17) is 45.0 Å². The Kier molecular flexibility index (Phi) is 5.96. The van der Waals surface area contributed by atoms with Gasteiger partial charge in [-0.1, -0.05) is 47.2 Å². The molecule has 0 atom stereocenters. The maximum Gasteiger partial charge on any atom is 0.373 e. The Balaban J connectivity index is 0.000000647. The van der Waals surface area contributed by atoms with Crippen molar-refractivity contribution in [3.05, 3.63) is 38.2 Å². The highest BCUT2D eigenvalue weighted by Crippen LogP contribution is 2.43. The van der Waals surface area contributed by atoms with E-state index < -0.39 is 0 Å². The molecule has 1 aliphatic heterocycles. The number of ketones is 1. The summed E-state index contributed by atoms with van der Waals surface area (Å²) in [6, 6.07) is 3.29. The first-order chi connectivity index (χ1) is 11.3. The highest BCUT2D eigenvalue weighted by Gasteiger charge is 2.39. The van der Waals surface area contributed by atoms with Crippen LogP contribution in [-0.4, -0.2) is 33.6 Å². The summed E-state index contributed by atoms with van der Waals surface area (Å²) < 4.78 is 0.472. The summed E-state index contributed by atoms with van der Waals surface area (Å²) in [4.78, 5) is 42.9. The highest BCUT2D eigenvalue weighted by atomic mass is 35.5. The first-order valence-electron chi connectivity index (χ1n) is 6.64. The van der Waals surface area contributed by atoms with Crippen molar-refractivity contribution in [1.29, 1.82) is 0 Å². The molecule has 1 aliphatic carbocycles. The van der Waals surface area contributed by atoms with E-state index in [9.17, 15) is 9.59 Å². The average Bonchev–Trinajstić information content (AvgIpc) is 2.96. The fourth-order valence-corrected chi connectivity index (χ4v) is 4.52. The van der Waals surface area contributed by atoms with Gasteiger partial charge in [0.2, 0.25) is 0 Å². The van der Waals surface area contributed by atoms with Crippen molar-refractivity contribution < 1.29 is 19.2 Å². The minimum atomic E-state index is -0.222. The molecule has 0 aromatic heterocycles. The Hall–Kier alpha value is -1.50. The summed E-state index contributed by atoms with van der Waals surface area (Å²) in [7, 11) is 0. The number of amides is 1. The van der Waals surface area contributed by atoms with Gasteiger partial charge in [0.25, 0.3) is 5.91 Å². The molecule has 1 heterocycles. The smallest absolute Gasteiger partial charge is 0.294 e. The number of carbonyl (C=O) groups is 2. The second kappa shape index (κ2) is 7.59. The molecule has 0 N–H and O–H groups in total. The van der Waals surface area contributed by atoms with Crippen LogP contribution in [0.1, 0.15) is 18.1 Å². The lowest BCUT2D eigenvalue weighted by Crippen LogP contribution is -2.27. The van der Waals surface area contributed by atoms with Gasteiger partial charge >= 0.3 is 6.15 Å². The standard InChI is InChI=1S/C14H9Cl2NO2S2.CO2/c1-2-17-13(19)12(21-14(17)20)11-8-3-6(15)4-9(16)7(8)5-10(11)18;2-1-3/h3-4H,2,5H2,1H3;/b12-11-;. The van der Waals surface area contributed by atoms with E-state index in [2.05, 4.69) is 0 Å². The minimum Gasteiger partial charge on any atom is -0.294 e. The average molecular weight is 402 g/mol. The number of benzene rings is 1. The molecule has 0 radical (unpaired) electrons. The van der Waals surface area contributed by atoms with Crippen LogP contribution in [0, 0.1) is 0 Å². The van der Waals surface area contributed by atoms with Crippen molar-refractivity contribution in [1.82, 2.24) is 4.90 Å². The molecule has 1 saturated heterocycles. The summed E-state index contributed by atoms with van der Waals surface area (Å²) in [5, 5.41) is 0.892. The van der Waals surface area contributed by atoms with Gasteiger partial charge in [-0.3, -0.25) is 14.5 Å². The topological polar surface area (TPSA) is 71.5 Å². The number of hydrogen-bond acceptors (Lipinski definition) is 6. The number of allylic oxidation sites excluding steroid dienone is 1. The number of halogens is 2. The van der Waals surface area contributed by atoms with Gasteiger partial charge < -0.3 is 0 Å². The Labute approximate surface area is 157 Å². The maximum atomic E-state index is 12.4. The largest absolute Gasteiger partial charge is 0.373 e. The fraction of sp³-hybridized carbons (Fsp3) is 0.200. The molecule has 0 spiro atoms. The minimum absolute atomic E-state index is 0.120. The maximum absolute atomic E-state index is 12.4. The van der Waals surface area contributed by atoms with E-state index in [0.29, 0.717) is 37.0 Å². The summed E-state index contributed by atoms with van der Waals surface area (Å²) in [6.07, 6.45) is 0.441. The second-order valence-electron chi connectivity index (χ2n) is 4.72. The summed E-state index contributed by atoms with van der Waals surface area (Å²) in [5.74, 6) is -0.342. The predicted octanol–water partition coefficient (Wildman–Crippen LogP) is 3.13. The first kappa shape index (κ1) is 18.8. The zero-order chi connectivity index (χ0) is 18.0. The van der Waals surface area contributed by atoms with Gasteiger partial charge in [-0.2, -0.15) is 9.59 Å². The zero-order valence-corrected chi connectivity index (χ0v) is 15.4. The van der Waals surface area contributed by atoms with E-state index in [1.54, 1.807) is 12.1 Å². The Morgan fingerprint density at radius 2 is 1.92 bits per heavy atom. The van der Waals surface area contributed by atoms with Crippen LogP contribution >= 0.6 is 47.2 Å². The van der Waals surface area contributed by atoms with Crippen LogP contribution in [0.25, 0.3) is 5.57 Å². The van der Waals surface area contributed by atoms with Gasteiger partial charge in [0.1, 0.15) is 4.32 Å². The second-order valence-corrected chi connectivity index (χ2v) is 7.21. The summed E-state index contributed by atoms with van der Waals surface area (Å²) in [6.45, 7) is 2.33. The fourth-order valence-electron chi connectivity index (χ4n) is 2.48. The predicted molar refractivity (Wildman–Crippen MR) is 94.7 cm³/mol. The van der Waals surface area contributed by atoms with Gasteiger partial charge in [0, 0.05) is 28.6 Å².